The van der Waals surface area contributed by atoms with Crippen molar-refractivity contribution in [3.05, 3.63) is 83.3 Å². The Balaban J connectivity index is 1.38. The number of nitrogens with zero attached hydrogens (tertiary/aromatic N) is 2. The van der Waals surface area contributed by atoms with Gasteiger partial charge in [0.25, 0.3) is 5.91 Å². The molecule has 32 heavy (non-hydrogen) atoms. The highest BCUT2D eigenvalue weighted by atomic mass is 32.2. The molecule has 3 heterocycles. The molecular formula is C23H21N3O4S2. The lowest BCUT2D eigenvalue weighted by molar-refractivity contribution is 0.0735. The van der Waals surface area contributed by atoms with Crippen LogP contribution in [0.1, 0.15) is 40.0 Å². The molecular weight excluding hydrogens is 446 g/mol. The molecule has 1 aliphatic heterocycles. The monoisotopic (exact) mass is 467 g/mol. The molecule has 2 aromatic heterocycles. The highest BCUT2D eigenvalue weighted by Crippen LogP contribution is 2.37. The number of likely N-dealkylation sites (tertiary alicyclic amines) is 1. The number of rotatable bonds is 6. The summed E-state index contributed by atoms with van der Waals surface area (Å²) in [6, 6.07) is 17.4. The van der Waals surface area contributed by atoms with Crippen LogP contribution in [0, 0.1) is 0 Å². The van der Waals surface area contributed by atoms with E-state index in [1.165, 1.54) is 18.4 Å². The molecule has 0 unspecified atom stereocenters. The lowest BCUT2D eigenvalue weighted by Gasteiger charge is -2.23. The van der Waals surface area contributed by atoms with Crippen molar-refractivity contribution in [2.75, 3.05) is 6.54 Å². The van der Waals surface area contributed by atoms with Gasteiger partial charge in [0.2, 0.25) is 10.0 Å². The maximum atomic E-state index is 13.3. The maximum Gasteiger partial charge on any atom is 0.254 e. The Morgan fingerprint density at radius 2 is 2.03 bits per heavy atom. The summed E-state index contributed by atoms with van der Waals surface area (Å²) in [5, 5.41) is 0.918. The summed E-state index contributed by atoms with van der Waals surface area (Å²) in [7, 11) is -3.79. The van der Waals surface area contributed by atoms with Crippen molar-refractivity contribution in [2.24, 2.45) is 0 Å². The standard InChI is InChI=1S/C23H21N3O4S2/c27-23(26-12-4-10-20(26)22-25-19-9-1-2-11-21(19)31-22)16-6-3-8-18(14-16)32(28,29)24-15-17-7-5-13-30-17/h1-3,5-9,11,13-14,20,24H,4,10,12,15H2/t20-/m1/s1. The number of carbonyl (C=O) groups is 1. The number of furan rings is 1. The van der Waals surface area contributed by atoms with Crippen molar-refractivity contribution in [3.63, 3.8) is 0 Å². The van der Waals surface area contributed by atoms with Gasteiger partial charge in [0.15, 0.2) is 0 Å². The summed E-state index contributed by atoms with van der Waals surface area (Å²) in [5.74, 6) is 0.325. The lowest BCUT2D eigenvalue weighted by Crippen LogP contribution is -2.31. The first-order chi connectivity index (χ1) is 15.5. The first-order valence-electron chi connectivity index (χ1n) is 10.3. The van der Waals surface area contributed by atoms with Crippen LogP contribution in [0.15, 0.2) is 76.2 Å². The summed E-state index contributed by atoms with van der Waals surface area (Å²) in [6.07, 6.45) is 3.21. The third-order valence-corrected chi connectivity index (χ3v) is 8.05. The number of benzene rings is 2. The van der Waals surface area contributed by atoms with Crippen LogP contribution in [0.25, 0.3) is 10.2 Å². The second-order valence-electron chi connectivity index (χ2n) is 7.61. The number of aromatic nitrogens is 1. The Labute approximate surface area is 189 Å². The molecule has 0 spiro atoms. The summed E-state index contributed by atoms with van der Waals surface area (Å²) in [6.45, 7) is 0.659. The number of carbonyl (C=O) groups excluding carboxylic acids is 1. The van der Waals surface area contributed by atoms with Crippen molar-refractivity contribution >= 4 is 37.5 Å². The molecule has 0 saturated carbocycles. The summed E-state index contributed by atoms with van der Waals surface area (Å²) >= 11 is 1.60. The van der Waals surface area contributed by atoms with E-state index in [9.17, 15) is 13.2 Å². The van der Waals surface area contributed by atoms with Crippen molar-refractivity contribution in [3.8, 4) is 0 Å². The number of hydrogen-bond donors (Lipinski definition) is 1. The Bertz CT molecular complexity index is 1330. The van der Waals surface area contributed by atoms with E-state index in [1.807, 2.05) is 24.3 Å². The van der Waals surface area contributed by atoms with Crippen molar-refractivity contribution in [1.82, 2.24) is 14.6 Å². The largest absolute Gasteiger partial charge is 0.468 e. The number of fused-ring (bicyclic) bond motifs is 1. The lowest BCUT2D eigenvalue weighted by atomic mass is 10.1. The average molecular weight is 468 g/mol. The van der Waals surface area contributed by atoms with Crippen LogP contribution in [-0.4, -0.2) is 30.8 Å². The normalized spacial score (nSPS) is 16.6. The Kier molecular flexibility index (Phi) is 5.54. The number of amides is 1. The van der Waals surface area contributed by atoms with Gasteiger partial charge >= 0.3 is 0 Å². The number of thiazole rings is 1. The molecule has 164 valence electrons. The fraction of sp³-hybridized carbons (Fsp3) is 0.217. The van der Waals surface area contributed by atoms with E-state index in [2.05, 4.69) is 4.72 Å². The first kappa shape index (κ1) is 20.9. The zero-order valence-corrected chi connectivity index (χ0v) is 18.7. The van der Waals surface area contributed by atoms with E-state index >= 15 is 0 Å². The number of para-hydroxylation sites is 1. The molecule has 0 radical (unpaired) electrons. The van der Waals surface area contributed by atoms with E-state index in [0.29, 0.717) is 17.9 Å². The molecule has 7 nitrogen and oxygen atoms in total. The second-order valence-corrected chi connectivity index (χ2v) is 10.4. The van der Waals surface area contributed by atoms with Crippen LogP contribution in [0.4, 0.5) is 0 Å². The first-order valence-corrected chi connectivity index (χ1v) is 12.6. The van der Waals surface area contributed by atoms with E-state index in [-0.39, 0.29) is 23.4 Å². The topological polar surface area (TPSA) is 92.5 Å². The minimum absolute atomic E-state index is 0.0410. The van der Waals surface area contributed by atoms with Crippen LogP contribution in [0.3, 0.4) is 0 Å². The van der Waals surface area contributed by atoms with Crippen LogP contribution < -0.4 is 4.72 Å². The molecule has 1 fully saturated rings. The number of sulfonamides is 1. The molecule has 1 N–H and O–H groups in total. The van der Waals surface area contributed by atoms with E-state index in [0.717, 1.165) is 28.1 Å². The van der Waals surface area contributed by atoms with Crippen molar-refractivity contribution in [2.45, 2.75) is 30.3 Å². The predicted molar refractivity (Wildman–Crippen MR) is 122 cm³/mol. The number of nitrogens with one attached hydrogen (secondary N) is 1. The van der Waals surface area contributed by atoms with Gasteiger partial charge in [0, 0.05) is 12.1 Å². The van der Waals surface area contributed by atoms with Crippen molar-refractivity contribution in [1.29, 1.82) is 0 Å². The molecule has 5 rings (SSSR count). The average Bonchev–Trinajstić information content (AvgIpc) is 3.57. The van der Waals surface area contributed by atoms with E-state index in [4.69, 9.17) is 9.40 Å². The van der Waals surface area contributed by atoms with Crippen LogP contribution in [-0.2, 0) is 16.6 Å². The van der Waals surface area contributed by atoms with E-state index in [1.54, 1.807) is 40.5 Å². The fourth-order valence-corrected chi connectivity index (χ4v) is 6.08. The van der Waals surface area contributed by atoms with Crippen LogP contribution in [0.5, 0.6) is 0 Å². The zero-order valence-electron chi connectivity index (χ0n) is 17.1. The van der Waals surface area contributed by atoms with Gasteiger partial charge in [0.05, 0.1) is 34.0 Å². The van der Waals surface area contributed by atoms with Gasteiger partial charge in [-0.25, -0.2) is 18.1 Å². The molecule has 9 heteroatoms. The predicted octanol–water partition coefficient (Wildman–Crippen LogP) is 4.35. The molecule has 1 atom stereocenters. The van der Waals surface area contributed by atoms with E-state index < -0.39 is 10.0 Å². The minimum Gasteiger partial charge on any atom is -0.468 e. The summed E-state index contributed by atoms with van der Waals surface area (Å²) < 4.78 is 34.2. The minimum atomic E-state index is -3.79. The maximum absolute atomic E-state index is 13.3. The molecule has 0 bridgehead atoms. The van der Waals surface area contributed by atoms with Gasteiger partial charge in [-0.2, -0.15) is 0 Å². The van der Waals surface area contributed by atoms with Gasteiger partial charge < -0.3 is 9.32 Å². The Morgan fingerprint density at radius 1 is 1.16 bits per heavy atom. The van der Waals surface area contributed by atoms with Gasteiger partial charge in [-0.05, 0) is 55.3 Å². The zero-order chi connectivity index (χ0) is 22.1. The molecule has 2 aromatic carbocycles. The fourth-order valence-electron chi connectivity index (χ4n) is 3.92. The summed E-state index contributed by atoms with van der Waals surface area (Å²) in [5.41, 5.74) is 1.28. The van der Waals surface area contributed by atoms with Crippen LogP contribution >= 0.6 is 11.3 Å². The van der Waals surface area contributed by atoms with Gasteiger partial charge in [-0.15, -0.1) is 11.3 Å². The summed E-state index contributed by atoms with van der Waals surface area (Å²) in [4.78, 5) is 19.9. The second kappa shape index (κ2) is 8.50. The Morgan fingerprint density at radius 3 is 2.84 bits per heavy atom. The van der Waals surface area contributed by atoms with Crippen molar-refractivity contribution < 1.29 is 17.6 Å². The SMILES string of the molecule is O=C(c1cccc(S(=O)(=O)NCc2ccco2)c1)N1CCC[C@@H]1c1nc2ccccc2s1. The smallest absolute Gasteiger partial charge is 0.254 e. The third kappa shape index (κ3) is 4.06. The number of hydrogen-bond acceptors (Lipinski definition) is 6. The van der Waals surface area contributed by atoms with Gasteiger partial charge in [-0.1, -0.05) is 18.2 Å². The highest BCUT2D eigenvalue weighted by Gasteiger charge is 2.33. The Hall–Kier alpha value is -3.01. The van der Waals surface area contributed by atoms with Gasteiger partial charge in [-0.3, -0.25) is 4.79 Å². The highest BCUT2D eigenvalue weighted by molar-refractivity contribution is 7.89. The molecule has 0 aliphatic carbocycles. The third-order valence-electron chi connectivity index (χ3n) is 5.52. The molecule has 4 aromatic rings. The van der Waals surface area contributed by atoms with Crippen LogP contribution in [0.2, 0.25) is 0 Å². The molecule has 1 amide bonds. The molecule has 1 saturated heterocycles. The molecule has 1 aliphatic rings. The van der Waals surface area contributed by atoms with Gasteiger partial charge in [0.1, 0.15) is 10.8 Å². The quantitative estimate of drug-likeness (QED) is 0.455.